The van der Waals surface area contributed by atoms with Crippen molar-refractivity contribution >= 4 is 5.97 Å². The standard InChI is InChI=1S/C14H12F2N2O2/c15-11-2-4-13(16)10(5-11)6-17-8-12-3-1-9(7-18-12)14(19)20/h1-5,7,17H,6,8H2,(H,19,20). The zero-order valence-electron chi connectivity index (χ0n) is 10.4. The molecule has 2 rings (SSSR count). The number of carbonyl (C=O) groups is 1. The third-order valence-electron chi connectivity index (χ3n) is 2.70. The van der Waals surface area contributed by atoms with E-state index in [0.29, 0.717) is 12.2 Å². The van der Waals surface area contributed by atoms with Gasteiger partial charge >= 0.3 is 5.97 Å². The van der Waals surface area contributed by atoms with Gasteiger partial charge in [-0.15, -0.1) is 0 Å². The molecular weight excluding hydrogens is 266 g/mol. The predicted octanol–water partition coefficient (Wildman–Crippen LogP) is 2.35. The third-order valence-corrected chi connectivity index (χ3v) is 2.70. The summed E-state index contributed by atoms with van der Waals surface area (Å²) in [4.78, 5) is 14.6. The number of carboxylic acid groups (broad SMARTS) is 1. The normalized spacial score (nSPS) is 10.5. The minimum absolute atomic E-state index is 0.102. The Bertz CT molecular complexity index is 615. The summed E-state index contributed by atoms with van der Waals surface area (Å²) in [6.45, 7) is 0.488. The van der Waals surface area contributed by atoms with Crippen LogP contribution in [0.1, 0.15) is 21.6 Å². The zero-order chi connectivity index (χ0) is 14.5. The molecule has 0 saturated carbocycles. The van der Waals surface area contributed by atoms with E-state index in [0.717, 1.165) is 18.2 Å². The maximum atomic E-state index is 13.3. The highest BCUT2D eigenvalue weighted by Gasteiger charge is 2.05. The average molecular weight is 278 g/mol. The van der Waals surface area contributed by atoms with Crippen molar-refractivity contribution in [3.05, 3.63) is 65.0 Å². The highest BCUT2D eigenvalue weighted by Crippen LogP contribution is 2.09. The van der Waals surface area contributed by atoms with Gasteiger partial charge in [-0.25, -0.2) is 13.6 Å². The number of aromatic carboxylic acids is 1. The molecule has 0 saturated heterocycles. The molecule has 6 heteroatoms. The smallest absolute Gasteiger partial charge is 0.337 e. The molecule has 1 heterocycles. The van der Waals surface area contributed by atoms with E-state index in [4.69, 9.17) is 5.11 Å². The van der Waals surface area contributed by atoms with Crippen LogP contribution in [0.25, 0.3) is 0 Å². The summed E-state index contributed by atoms with van der Waals surface area (Å²) >= 11 is 0. The number of hydrogen-bond donors (Lipinski definition) is 2. The van der Waals surface area contributed by atoms with Gasteiger partial charge in [-0.1, -0.05) is 0 Å². The topological polar surface area (TPSA) is 62.2 Å². The number of nitrogens with one attached hydrogen (secondary N) is 1. The molecule has 0 unspecified atom stereocenters. The van der Waals surface area contributed by atoms with Crippen molar-refractivity contribution in [1.82, 2.24) is 10.3 Å². The van der Waals surface area contributed by atoms with Crippen molar-refractivity contribution < 1.29 is 18.7 Å². The summed E-state index contributed by atoms with van der Waals surface area (Å²) in [5.74, 6) is -2.01. The summed E-state index contributed by atoms with van der Waals surface area (Å²) in [5, 5.41) is 11.6. The minimum atomic E-state index is -1.04. The van der Waals surface area contributed by atoms with Crippen molar-refractivity contribution in [2.75, 3.05) is 0 Å². The number of aromatic nitrogens is 1. The quantitative estimate of drug-likeness (QED) is 0.881. The lowest BCUT2D eigenvalue weighted by molar-refractivity contribution is 0.0696. The van der Waals surface area contributed by atoms with Gasteiger partial charge in [0.2, 0.25) is 0 Å². The molecule has 0 spiro atoms. The van der Waals surface area contributed by atoms with Crippen LogP contribution >= 0.6 is 0 Å². The Morgan fingerprint density at radius 1 is 1.20 bits per heavy atom. The summed E-state index contributed by atoms with van der Waals surface area (Å²) in [5.41, 5.74) is 0.948. The van der Waals surface area contributed by atoms with Gasteiger partial charge in [-0.2, -0.15) is 0 Å². The summed E-state index contributed by atoms with van der Waals surface area (Å²) in [6.07, 6.45) is 1.25. The first-order valence-corrected chi connectivity index (χ1v) is 5.89. The first kappa shape index (κ1) is 14.1. The lowest BCUT2D eigenvalue weighted by atomic mass is 10.2. The van der Waals surface area contributed by atoms with Gasteiger partial charge in [0.25, 0.3) is 0 Å². The van der Waals surface area contributed by atoms with E-state index < -0.39 is 17.6 Å². The summed E-state index contributed by atoms with van der Waals surface area (Å²) in [6, 6.07) is 6.27. The van der Waals surface area contributed by atoms with Crippen LogP contribution in [0.5, 0.6) is 0 Å². The second-order valence-electron chi connectivity index (χ2n) is 4.18. The fourth-order valence-corrected chi connectivity index (χ4v) is 1.66. The van der Waals surface area contributed by atoms with Crippen molar-refractivity contribution in [3.63, 3.8) is 0 Å². The van der Waals surface area contributed by atoms with E-state index in [9.17, 15) is 13.6 Å². The average Bonchev–Trinajstić information content (AvgIpc) is 2.43. The molecule has 0 aliphatic heterocycles. The number of rotatable bonds is 5. The monoisotopic (exact) mass is 278 g/mol. The Balaban J connectivity index is 1.92. The first-order chi connectivity index (χ1) is 9.56. The van der Waals surface area contributed by atoms with Crippen LogP contribution in [-0.2, 0) is 13.1 Å². The number of pyridine rings is 1. The lowest BCUT2D eigenvalue weighted by Gasteiger charge is -2.06. The predicted molar refractivity (Wildman–Crippen MR) is 68.1 cm³/mol. The van der Waals surface area contributed by atoms with Crippen LogP contribution < -0.4 is 5.32 Å². The van der Waals surface area contributed by atoms with Gasteiger partial charge in [0.15, 0.2) is 0 Å². The van der Waals surface area contributed by atoms with Crippen LogP contribution in [0.3, 0.4) is 0 Å². The largest absolute Gasteiger partial charge is 0.478 e. The molecular formula is C14H12F2N2O2. The summed E-state index contributed by atoms with van der Waals surface area (Å²) in [7, 11) is 0. The second kappa shape index (κ2) is 6.21. The van der Waals surface area contributed by atoms with Crippen LogP contribution in [0.2, 0.25) is 0 Å². The van der Waals surface area contributed by atoms with Crippen molar-refractivity contribution in [1.29, 1.82) is 0 Å². The van der Waals surface area contributed by atoms with Crippen LogP contribution in [0.4, 0.5) is 8.78 Å². The first-order valence-electron chi connectivity index (χ1n) is 5.89. The molecule has 104 valence electrons. The number of nitrogens with zero attached hydrogens (tertiary/aromatic N) is 1. The molecule has 2 aromatic rings. The molecule has 2 N–H and O–H groups in total. The Labute approximate surface area is 114 Å². The van der Waals surface area contributed by atoms with Gasteiger partial charge in [0.05, 0.1) is 11.3 Å². The Hall–Kier alpha value is -2.34. The molecule has 0 amide bonds. The summed E-state index contributed by atoms with van der Waals surface area (Å²) < 4.78 is 26.3. The highest BCUT2D eigenvalue weighted by atomic mass is 19.1. The number of benzene rings is 1. The van der Waals surface area contributed by atoms with E-state index in [2.05, 4.69) is 10.3 Å². The van der Waals surface area contributed by atoms with E-state index in [-0.39, 0.29) is 17.7 Å². The van der Waals surface area contributed by atoms with E-state index in [1.54, 1.807) is 6.07 Å². The van der Waals surface area contributed by atoms with Crippen molar-refractivity contribution in [2.24, 2.45) is 0 Å². The molecule has 4 nitrogen and oxygen atoms in total. The molecule has 0 fully saturated rings. The van der Waals surface area contributed by atoms with Crippen LogP contribution in [0.15, 0.2) is 36.5 Å². The SMILES string of the molecule is O=C(O)c1ccc(CNCc2cc(F)ccc2F)nc1. The Morgan fingerprint density at radius 3 is 2.65 bits per heavy atom. The van der Waals surface area contributed by atoms with E-state index >= 15 is 0 Å². The van der Waals surface area contributed by atoms with Crippen LogP contribution in [-0.4, -0.2) is 16.1 Å². The van der Waals surface area contributed by atoms with Crippen LogP contribution in [0, 0.1) is 11.6 Å². The van der Waals surface area contributed by atoms with Gasteiger partial charge in [-0.3, -0.25) is 4.98 Å². The lowest BCUT2D eigenvalue weighted by Crippen LogP contribution is -2.15. The molecule has 0 aliphatic rings. The van der Waals surface area contributed by atoms with Gasteiger partial charge < -0.3 is 10.4 Å². The molecule has 0 bridgehead atoms. The maximum absolute atomic E-state index is 13.3. The molecule has 0 atom stereocenters. The molecule has 0 radical (unpaired) electrons. The Morgan fingerprint density at radius 2 is 2.00 bits per heavy atom. The number of carboxylic acids is 1. The van der Waals surface area contributed by atoms with Gasteiger partial charge in [0, 0.05) is 24.8 Å². The third kappa shape index (κ3) is 3.58. The zero-order valence-corrected chi connectivity index (χ0v) is 10.4. The maximum Gasteiger partial charge on any atom is 0.337 e. The van der Waals surface area contributed by atoms with Crippen molar-refractivity contribution in [2.45, 2.75) is 13.1 Å². The molecule has 20 heavy (non-hydrogen) atoms. The van der Waals surface area contributed by atoms with E-state index in [1.807, 2.05) is 0 Å². The van der Waals surface area contributed by atoms with Gasteiger partial charge in [0.1, 0.15) is 11.6 Å². The fourth-order valence-electron chi connectivity index (χ4n) is 1.66. The van der Waals surface area contributed by atoms with Crippen molar-refractivity contribution in [3.8, 4) is 0 Å². The van der Waals surface area contributed by atoms with E-state index in [1.165, 1.54) is 12.3 Å². The fraction of sp³-hybridized carbons (Fsp3) is 0.143. The number of hydrogen-bond acceptors (Lipinski definition) is 3. The number of halogens is 2. The highest BCUT2D eigenvalue weighted by molar-refractivity contribution is 5.87. The molecule has 1 aromatic heterocycles. The molecule has 0 aliphatic carbocycles. The Kier molecular flexibility index (Phi) is 4.37. The minimum Gasteiger partial charge on any atom is -0.478 e. The second-order valence-corrected chi connectivity index (χ2v) is 4.18. The van der Waals surface area contributed by atoms with Gasteiger partial charge in [-0.05, 0) is 30.3 Å². The molecule has 1 aromatic carbocycles.